The Morgan fingerprint density at radius 2 is 2.24 bits per heavy atom. The number of aromatic nitrogens is 3. The van der Waals surface area contributed by atoms with E-state index in [2.05, 4.69) is 15.5 Å². The number of ether oxygens (including phenoxy) is 1. The van der Waals surface area contributed by atoms with Gasteiger partial charge in [-0.15, -0.1) is 10.2 Å². The number of aryl methyl sites for hydroxylation is 1. The molecule has 21 heavy (non-hydrogen) atoms. The zero-order valence-corrected chi connectivity index (χ0v) is 12.9. The summed E-state index contributed by atoms with van der Waals surface area (Å²) in [7, 11) is 1.65. The van der Waals surface area contributed by atoms with Crippen LogP contribution in [0.25, 0.3) is 10.6 Å². The van der Waals surface area contributed by atoms with Gasteiger partial charge in [-0.25, -0.2) is 0 Å². The van der Waals surface area contributed by atoms with Crippen molar-refractivity contribution in [3.8, 4) is 10.6 Å². The molecule has 0 bridgehead atoms. The summed E-state index contributed by atoms with van der Waals surface area (Å²) in [6, 6.07) is 4.19. The second-order valence-corrected chi connectivity index (χ2v) is 6.10. The number of pyridine rings is 1. The Bertz CT molecular complexity index is 691. The molecule has 2 aromatic rings. The molecule has 3 rings (SSSR count). The number of methoxy groups -OCH3 is 1. The largest absolute Gasteiger partial charge is 0.383 e. The fourth-order valence-electron chi connectivity index (χ4n) is 2.26. The van der Waals surface area contributed by atoms with Crippen molar-refractivity contribution in [2.45, 2.75) is 25.8 Å². The van der Waals surface area contributed by atoms with Crippen LogP contribution in [0.15, 0.2) is 16.9 Å². The van der Waals surface area contributed by atoms with Crippen LogP contribution in [-0.4, -0.2) is 35.0 Å². The molecule has 1 aliphatic carbocycles. The standard InChI is InChI=1S/C14H18N4O2S/c1-9-3-6-11(13(19)18(9)10-4-5-10)12-16-17-14(21-12)15-7-8-20-2/h3,6,10H,4-5,7-8H2,1-2H3,(H,15,17). The maximum absolute atomic E-state index is 12.6. The predicted molar refractivity (Wildman–Crippen MR) is 83.0 cm³/mol. The highest BCUT2D eigenvalue weighted by atomic mass is 32.1. The molecule has 2 aromatic heterocycles. The van der Waals surface area contributed by atoms with E-state index in [-0.39, 0.29) is 5.56 Å². The first kappa shape index (κ1) is 14.2. The number of rotatable bonds is 6. The Morgan fingerprint density at radius 1 is 1.43 bits per heavy atom. The quantitative estimate of drug-likeness (QED) is 0.827. The topological polar surface area (TPSA) is 69.0 Å². The molecule has 0 radical (unpaired) electrons. The highest BCUT2D eigenvalue weighted by molar-refractivity contribution is 7.18. The average Bonchev–Trinajstić information content (AvgIpc) is 3.18. The van der Waals surface area contributed by atoms with E-state index in [4.69, 9.17) is 4.74 Å². The number of anilines is 1. The molecule has 0 unspecified atom stereocenters. The molecule has 1 saturated carbocycles. The minimum Gasteiger partial charge on any atom is -0.383 e. The molecule has 0 aromatic carbocycles. The van der Waals surface area contributed by atoms with Crippen LogP contribution >= 0.6 is 11.3 Å². The Morgan fingerprint density at radius 3 is 2.95 bits per heavy atom. The molecule has 0 aliphatic heterocycles. The van der Waals surface area contributed by atoms with Crippen molar-refractivity contribution < 1.29 is 4.74 Å². The molecule has 1 fully saturated rings. The lowest BCUT2D eigenvalue weighted by Crippen LogP contribution is -2.22. The molecule has 0 spiro atoms. The van der Waals surface area contributed by atoms with Gasteiger partial charge in [-0.1, -0.05) is 11.3 Å². The summed E-state index contributed by atoms with van der Waals surface area (Å²) in [5, 5.41) is 12.7. The number of hydrogen-bond acceptors (Lipinski definition) is 6. The minimum absolute atomic E-state index is 0.0390. The fourth-order valence-corrected chi connectivity index (χ4v) is 3.04. The number of nitrogens with zero attached hydrogens (tertiary/aromatic N) is 3. The van der Waals surface area contributed by atoms with Gasteiger partial charge >= 0.3 is 0 Å². The van der Waals surface area contributed by atoms with Gasteiger partial charge in [0.1, 0.15) is 0 Å². The van der Waals surface area contributed by atoms with E-state index < -0.39 is 0 Å². The van der Waals surface area contributed by atoms with E-state index in [9.17, 15) is 4.79 Å². The first-order valence-electron chi connectivity index (χ1n) is 6.99. The second kappa shape index (κ2) is 5.95. The van der Waals surface area contributed by atoms with Crippen LogP contribution in [0, 0.1) is 6.92 Å². The third-order valence-electron chi connectivity index (χ3n) is 3.47. The maximum Gasteiger partial charge on any atom is 0.261 e. The van der Waals surface area contributed by atoms with Gasteiger partial charge < -0.3 is 14.6 Å². The normalized spacial score (nSPS) is 14.4. The van der Waals surface area contributed by atoms with Gasteiger partial charge in [-0.2, -0.15) is 0 Å². The van der Waals surface area contributed by atoms with Gasteiger partial charge in [-0.05, 0) is 31.9 Å². The molecule has 0 amide bonds. The van der Waals surface area contributed by atoms with E-state index in [1.165, 1.54) is 11.3 Å². The zero-order valence-electron chi connectivity index (χ0n) is 12.1. The van der Waals surface area contributed by atoms with Crippen molar-refractivity contribution in [1.82, 2.24) is 14.8 Å². The number of nitrogens with one attached hydrogen (secondary N) is 1. The summed E-state index contributed by atoms with van der Waals surface area (Å²) in [6.45, 7) is 3.25. The van der Waals surface area contributed by atoms with Gasteiger partial charge in [0, 0.05) is 25.4 Å². The molecule has 112 valence electrons. The summed E-state index contributed by atoms with van der Waals surface area (Å²) < 4.78 is 6.86. The Hall–Kier alpha value is -1.73. The van der Waals surface area contributed by atoms with Crippen LogP contribution in [0.4, 0.5) is 5.13 Å². The Balaban J connectivity index is 1.87. The van der Waals surface area contributed by atoms with Crippen molar-refractivity contribution in [3.63, 3.8) is 0 Å². The van der Waals surface area contributed by atoms with Gasteiger partial charge in [0.15, 0.2) is 5.01 Å². The Labute approximate surface area is 126 Å². The van der Waals surface area contributed by atoms with Crippen LogP contribution in [0.1, 0.15) is 24.6 Å². The lowest BCUT2D eigenvalue weighted by Gasteiger charge is -2.09. The van der Waals surface area contributed by atoms with Gasteiger partial charge in [0.05, 0.1) is 12.2 Å². The van der Waals surface area contributed by atoms with E-state index in [0.717, 1.165) is 18.5 Å². The maximum atomic E-state index is 12.6. The summed E-state index contributed by atoms with van der Waals surface area (Å²) >= 11 is 1.40. The van der Waals surface area contributed by atoms with Gasteiger partial charge in [-0.3, -0.25) is 4.79 Å². The van der Waals surface area contributed by atoms with Gasteiger partial charge in [0.2, 0.25) is 5.13 Å². The average molecular weight is 306 g/mol. The lowest BCUT2D eigenvalue weighted by molar-refractivity contribution is 0.211. The third-order valence-corrected chi connectivity index (χ3v) is 4.38. The summed E-state index contributed by atoms with van der Waals surface area (Å²) in [6.07, 6.45) is 2.17. The SMILES string of the molecule is COCCNc1nnc(-c2ccc(C)n(C3CC3)c2=O)s1. The van der Waals surface area contributed by atoms with E-state index in [1.807, 2.05) is 23.6 Å². The summed E-state index contributed by atoms with van der Waals surface area (Å²) in [5.74, 6) is 0. The second-order valence-electron chi connectivity index (χ2n) is 5.13. The predicted octanol–water partition coefficient (Wildman–Crippen LogP) is 2.07. The van der Waals surface area contributed by atoms with Crippen LogP contribution in [0.2, 0.25) is 0 Å². The van der Waals surface area contributed by atoms with Crippen LogP contribution in [-0.2, 0) is 4.74 Å². The van der Waals surface area contributed by atoms with Crippen LogP contribution in [0.3, 0.4) is 0 Å². The van der Waals surface area contributed by atoms with Crippen molar-refractivity contribution in [3.05, 3.63) is 28.2 Å². The van der Waals surface area contributed by atoms with Crippen LogP contribution < -0.4 is 10.9 Å². The molecule has 1 N–H and O–H groups in total. The summed E-state index contributed by atoms with van der Waals surface area (Å²) in [4.78, 5) is 12.6. The smallest absolute Gasteiger partial charge is 0.261 e. The van der Waals surface area contributed by atoms with Crippen molar-refractivity contribution in [1.29, 1.82) is 0 Å². The first-order chi connectivity index (χ1) is 10.2. The van der Waals surface area contributed by atoms with E-state index in [1.54, 1.807) is 7.11 Å². The first-order valence-corrected chi connectivity index (χ1v) is 7.81. The summed E-state index contributed by atoms with van der Waals surface area (Å²) in [5.41, 5.74) is 1.68. The molecule has 0 atom stereocenters. The highest BCUT2D eigenvalue weighted by Gasteiger charge is 2.27. The zero-order chi connectivity index (χ0) is 14.8. The molecule has 2 heterocycles. The lowest BCUT2D eigenvalue weighted by atomic mass is 10.2. The van der Waals surface area contributed by atoms with Gasteiger partial charge in [0.25, 0.3) is 5.56 Å². The highest BCUT2D eigenvalue weighted by Crippen LogP contribution is 2.35. The third kappa shape index (κ3) is 2.98. The van der Waals surface area contributed by atoms with E-state index in [0.29, 0.717) is 34.9 Å². The molecular weight excluding hydrogens is 288 g/mol. The molecule has 6 nitrogen and oxygen atoms in total. The van der Waals surface area contributed by atoms with Crippen molar-refractivity contribution >= 4 is 16.5 Å². The molecular formula is C14H18N4O2S. The van der Waals surface area contributed by atoms with Crippen molar-refractivity contribution in [2.24, 2.45) is 0 Å². The fraction of sp³-hybridized carbons (Fsp3) is 0.500. The molecule has 7 heteroatoms. The van der Waals surface area contributed by atoms with Crippen molar-refractivity contribution in [2.75, 3.05) is 25.6 Å². The monoisotopic (exact) mass is 306 g/mol. The minimum atomic E-state index is 0.0390. The number of hydrogen-bond donors (Lipinski definition) is 1. The van der Waals surface area contributed by atoms with Crippen LogP contribution in [0.5, 0.6) is 0 Å². The Kier molecular flexibility index (Phi) is 4.03. The van der Waals surface area contributed by atoms with E-state index >= 15 is 0 Å². The molecule has 0 saturated heterocycles. The molecule has 1 aliphatic rings.